The van der Waals surface area contributed by atoms with Crippen LogP contribution in [0, 0.1) is 11.3 Å². The first-order chi connectivity index (χ1) is 51.8. The third-order valence-corrected chi connectivity index (χ3v) is 21.6. The van der Waals surface area contributed by atoms with Gasteiger partial charge in [0.1, 0.15) is 0 Å². The maximum atomic E-state index is 15.1. The van der Waals surface area contributed by atoms with E-state index in [0.717, 1.165) is 166 Å². The minimum atomic E-state index is -5.13. The molecule has 0 radical (unpaired) electrons. The van der Waals surface area contributed by atoms with Crippen LogP contribution in [0.4, 0.5) is 26.3 Å². The summed E-state index contributed by atoms with van der Waals surface area (Å²) in [6, 6.07) is 107. The van der Waals surface area contributed by atoms with E-state index in [2.05, 4.69) is 228 Å². The molecule has 13 heteroatoms. The van der Waals surface area contributed by atoms with Gasteiger partial charge in [-0.3, -0.25) is 0 Å². The normalized spacial score (nSPS) is 12.4. The number of fused-ring (bicyclic) bond motifs is 18. The van der Waals surface area contributed by atoms with Crippen LogP contribution in [0.1, 0.15) is 16.7 Å². The molecule has 502 valence electrons. The lowest BCUT2D eigenvalue weighted by molar-refractivity contribution is -0.143. The summed E-state index contributed by atoms with van der Waals surface area (Å²) in [6.07, 6.45) is -10.3. The molecule has 6 aromatic heterocycles. The molecular weight excluding hydrogens is 1330 g/mol. The molecule has 0 spiro atoms. The average Bonchev–Trinajstić information content (AvgIpc) is 1.58. The Kier molecular flexibility index (Phi) is 13.0. The van der Waals surface area contributed by atoms with Crippen molar-refractivity contribution in [2.24, 2.45) is 0 Å². The predicted molar refractivity (Wildman–Crippen MR) is 418 cm³/mol. The summed E-state index contributed by atoms with van der Waals surface area (Å²) in [5, 5.41) is 23.4. The van der Waals surface area contributed by atoms with Crippen LogP contribution in [0.5, 0.6) is 0 Å². The minimum Gasteiger partial charge on any atom is -0.309 e. The Morgan fingerprint density at radius 3 is 0.792 bits per heavy atom. The molecule has 21 aromatic rings. The monoisotopic (exact) mass is 1380 g/mol. The van der Waals surface area contributed by atoms with Crippen LogP contribution in [-0.4, -0.2) is 27.4 Å². The quantitative estimate of drug-likeness (QED) is 0.140. The van der Waals surface area contributed by atoms with Crippen LogP contribution in [-0.2, 0) is 12.4 Å². The first-order valence-electron chi connectivity index (χ1n) is 34.9. The van der Waals surface area contributed by atoms with Crippen molar-refractivity contribution in [3.63, 3.8) is 0 Å². The minimum absolute atomic E-state index is 0.0996. The summed E-state index contributed by atoms with van der Waals surface area (Å²) in [7, 11) is 0. The molecule has 0 saturated carbocycles. The molecule has 0 aliphatic carbocycles. The Hall–Kier alpha value is -13.8. The number of nitriles is 1. The predicted octanol–water partition coefficient (Wildman–Crippen LogP) is 25.5. The van der Waals surface area contributed by atoms with Crippen molar-refractivity contribution in [1.82, 2.24) is 27.4 Å². The Balaban J connectivity index is 0.869. The molecule has 0 amide bonds. The first-order valence-corrected chi connectivity index (χ1v) is 34.9. The maximum Gasteiger partial charge on any atom is 0.416 e. The lowest BCUT2D eigenvalue weighted by Gasteiger charge is -2.21. The Bertz CT molecular complexity index is 6820. The van der Waals surface area contributed by atoms with Crippen molar-refractivity contribution in [1.29, 1.82) is 5.26 Å². The molecule has 0 unspecified atom stereocenters. The standard InChI is InChI=1S/C93H53F6N7/c94-92(95,96)58-46-57(47-59(49-58)93(97,98)99)56-34-40-86(105-87-41-35-60(101-78-25-9-1-17-64(78)65-18-2-10-26-79(65)101)50-74(87)75-51-61(36-42-88(75)105)102-80-27-11-3-19-66(80)67-20-4-12-28-81(67)102)73(48-56)72-39-33-55(54-100)45-91(72)106-89-43-37-62(103-82-29-13-5-21-68(82)69-22-6-14-30-83(69)103)52-76(89)77-53-63(38-44-90(77)106)104-84-31-15-7-23-70(84)71-24-8-16-32-85(71)104/h1-53H. The van der Waals surface area contributed by atoms with Crippen LogP contribution in [0.3, 0.4) is 0 Å². The second-order valence-corrected chi connectivity index (χ2v) is 27.3. The van der Waals surface area contributed by atoms with Gasteiger partial charge in [0.15, 0.2) is 0 Å². The zero-order valence-corrected chi connectivity index (χ0v) is 56.0. The van der Waals surface area contributed by atoms with Crippen molar-refractivity contribution in [2.45, 2.75) is 12.4 Å². The number of rotatable bonds is 8. The number of para-hydroxylation sites is 8. The second-order valence-electron chi connectivity index (χ2n) is 27.3. The maximum absolute atomic E-state index is 15.1. The van der Waals surface area contributed by atoms with Gasteiger partial charge in [-0.1, -0.05) is 158 Å². The Morgan fingerprint density at radius 2 is 0.500 bits per heavy atom. The summed E-state index contributed by atoms with van der Waals surface area (Å²) in [4.78, 5) is 0. The average molecular weight is 1380 g/mol. The van der Waals surface area contributed by atoms with E-state index >= 15 is 26.3 Å². The zero-order valence-electron chi connectivity index (χ0n) is 56.0. The van der Waals surface area contributed by atoms with E-state index in [4.69, 9.17) is 0 Å². The van der Waals surface area contributed by atoms with Gasteiger partial charge in [-0.25, -0.2) is 0 Å². The smallest absolute Gasteiger partial charge is 0.309 e. The van der Waals surface area contributed by atoms with Crippen LogP contribution in [0.15, 0.2) is 322 Å². The van der Waals surface area contributed by atoms with E-state index in [9.17, 15) is 5.26 Å². The fourth-order valence-corrected chi connectivity index (χ4v) is 17.1. The third kappa shape index (κ3) is 9.00. The molecule has 0 N–H and O–H groups in total. The molecule has 7 nitrogen and oxygen atoms in total. The fourth-order valence-electron chi connectivity index (χ4n) is 17.1. The Labute approximate surface area is 599 Å². The first kappa shape index (κ1) is 60.9. The molecule has 0 aliphatic heterocycles. The molecule has 15 aromatic carbocycles. The molecule has 6 heterocycles. The number of halogens is 6. The molecular formula is C93H53F6N7. The van der Waals surface area contributed by atoms with Crippen molar-refractivity contribution in [3.05, 3.63) is 338 Å². The number of hydrogen-bond donors (Lipinski definition) is 0. The van der Waals surface area contributed by atoms with Gasteiger partial charge in [0, 0.05) is 98.5 Å². The molecule has 0 aliphatic rings. The van der Waals surface area contributed by atoms with E-state index in [-0.39, 0.29) is 17.2 Å². The summed E-state index contributed by atoms with van der Waals surface area (Å²) in [5.74, 6) is 0. The van der Waals surface area contributed by atoms with Gasteiger partial charge < -0.3 is 27.4 Å². The molecule has 0 fully saturated rings. The number of aromatic nitrogens is 6. The van der Waals surface area contributed by atoms with E-state index in [1.807, 2.05) is 91.0 Å². The topological polar surface area (TPSA) is 53.4 Å². The van der Waals surface area contributed by atoms with Crippen LogP contribution >= 0.6 is 0 Å². The number of nitrogens with zero attached hydrogens (tertiary/aromatic N) is 7. The highest BCUT2D eigenvalue weighted by Gasteiger charge is 2.38. The van der Waals surface area contributed by atoms with Gasteiger partial charge in [0.05, 0.1) is 100 Å². The van der Waals surface area contributed by atoms with Crippen molar-refractivity contribution < 1.29 is 26.3 Å². The van der Waals surface area contributed by atoms with E-state index in [0.29, 0.717) is 28.1 Å². The van der Waals surface area contributed by atoms with Gasteiger partial charge in [0.2, 0.25) is 0 Å². The summed E-state index contributed by atoms with van der Waals surface area (Å²) in [6.45, 7) is 0. The molecule has 0 atom stereocenters. The van der Waals surface area contributed by atoms with Crippen LogP contribution < -0.4 is 0 Å². The third-order valence-electron chi connectivity index (χ3n) is 21.6. The largest absolute Gasteiger partial charge is 0.416 e. The van der Waals surface area contributed by atoms with Crippen molar-refractivity contribution in [2.75, 3.05) is 0 Å². The molecule has 106 heavy (non-hydrogen) atoms. The Morgan fingerprint density at radius 1 is 0.217 bits per heavy atom. The van der Waals surface area contributed by atoms with Gasteiger partial charge in [-0.15, -0.1) is 0 Å². The van der Waals surface area contributed by atoms with Gasteiger partial charge in [-0.2, -0.15) is 31.6 Å². The second kappa shape index (κ2) is 22.6. The molecule has 21 rings (SSSR count). The van der Waals surface area contributed by atoms with Gasteiger partial charge >= 0.3 is 12.4 Å². The highest BCUT2D eigenvalue weighted by atomic mass is 19.4. The molecule has 0 bridgehead atoms. The summed E-state index contributed by atoms with van der Waals surface area (Å²) < 4.78 is 104. The number of benzene rings is 15. The zero-order chi connectivity index (χ0) is 71.0. The van der Waals surface area contributed by atoms with Crippen molar-refractivity contribution >= 4 is 131 Å². The van der Waals surface area contributed by atoms with E-state index in [1.165, 1.54) is 0 Å². The lowest BCUT2D eigenvalue weighted by atomic mass is 9.93. The van der Waals surface area contributed by atoms with Gasteiger partial charge in [0.25, 0.3) is 0 Å². The highest BCUT2D eigenvalue weighted by Crippen LogP contribution is 2.48. The highest BCUT2D eigenvalue weighted by molar-refractivity contribution is 6.17. The fraction of sp³-hybridized carbons (Fsp3) is 0.0215. The lowest BCUT2D eigenvalue weighted by Crippen LogP contribution is -2.11. The van der Waals surface area contributed by atoms with Crippen LogP contribution in [0.2, 0.25) is 0 Å². The number of hydrogen-bond acceptors (Lipinski definition) is 1. The summed E-state index contributed by atoms with van der Waals surface area (Å²) >= 11 is 0. The van der Waals surface area contributed by atoms with Gasteiger partial charge in [-0.05, 0) is 175 Å². The van der Waals surface area contributed by atoms with E-state index in [1.54, 1.807) is 18.2 Å². The number of alkyl halides is 6. The SMILES string of the molecule is N#Cc1ccc(-c2cc(-c3cc(C(F)(F)F)cc(C(F)(F)F)c3)ccc2-n2c3ccc(-n4c5ccccc5c5ccccc54)cc3c3cc(-n4c5ccccc5c5ccccc54)ccc32)c(-n2c3ccc(-n4c5ccccc5c5ccccc54)cc3c3cc(-n4c5ccccc5c5ccccc54)ccc32)c1. The summed E-state index contributed by atoms with van der Waals surface area (Å²) in [5.41, 5.74) is 14.2. The molecule has 0 saturated heterocycles. The van der Waals surface area contributed by atoms with E-state index < -0.39 is 23.5 Å². The van der Waals surface area contributed by atoms with Crippen LogP contribution in [0.25, 0.3) is 187 Å². The van der Waals surface area contributed by atoms with Crippen molar-refractivity contribution in [3.8, 4) is 62.4 Å².